The van der Waals surface area contributed by atoms with Crippen molar-refractivity contribution in [1.29, 1.82) is 0 Å². The zero-order valence-electron chi connectivity index (χ0n) is 14.0. The molecule has 0 bridgehead atoms. The molecular weight excluding hydrogens is 288 g/mol. The minimum atomic E-state index is -0.144. The molecule has 2 aromatic rings. The third-order valence-electron chi connectivity index (χ3n) is 3.51. The van der Waals surface area contributed by atoms with Crippen LogP contribution < -0.4 is 10.2 Å². The molecule has 1 aromatic heterocycles. The van der Waals surface area contributed by atoms with Gasteiger partial charge in [-0.25, -0.2) is 9.97 Å². The molecule has 122 valence electrons. The highest BCUT2D eigenvalue weighted by molar-refractivity contribution is 5.92. The normalized spacial score (nSPS) is 10.4. The molecule has 23 heavy (non-hydrogen) atoms. The average Bonchev–Trinajstić information content (AvgIpc) is 2.57. The number of anilines is 1. The lowest BCUT2D eigenvalue weighted by Crippen LogP contribution is -2.27. The zero-order valence-corrected chi connectivity index (χ0v) is 14.0. The third kappa shape index (κ3) is 4.77. The molecule has 1 N–H and O–H groups in total. The maximum atomic E-state index is 12.2. The van der Waals surface area contributed by atoms with Crippen molar-refractivity contribution < 1.29 is 4.79 Å². The van der Waals surface area contributed by atoms with Crippen LogP contribution in [0.5, 0.6) is 0 Å². The summed E-state index contributed by atoms with van der Waals surface area (Å²) in [5.41, 5.74) is 1.63. The molecule has 1 heterocycles. The molecule has 0 aliphatic carbocycles. The molecule has 0 spiro atoms. The number of nitrogens with one attached hydrogen (secondary N) is 1. The summed E-state index contributed by atoms with van der Waals surface area (Å²) in [6.45, 7) is 8.13. The number of aryl methyl sites for hydroxylation is 1. The average molecular weight is 312 g/mol. The molecular formula is C18H24N4O. The van der Waals surface area contributed by atoms with Crippen LogP contribution in [0.4, 0.5) is 5.82 Å². The minimum Gasteiger partial charge on any atom is -0.352 e. The second-order valence-electron chi connectivity index (χ2n) is 5.41. The van der Waals surface area contributed by atoms with E-state index in [9.17, 15) is 4.79 Å². The molecule has 0 unspecified atom stereocenters. The highest BCUT2D eigenvalue weighted by Gasteiger charge is 2.13. The van der Waals surface area contributed by atoms with E-state index in [-0.39, 0.29) is 5.91 Å². The van der Waals surface area contributed by atoms with Gasteiger partial charge < -0.3 is 10.2 Å². The Balaban J connectivity index is 2.22. The lowest BCUT2D eigenvalue weighted by Gasteiger charge is -2.22. The van der Waals surface area contributed by atoms with Crippen LogP contribution in [0.2, 0.25) is 0 Å². The fourth-order valence-electron chi connectivity index (χ4n) is 2.32. The van der Waals surface area contributed by atoms with Crippen LogP contribution in [-0.2, 0) is 6.54 Å². The van der Waals surface area contributed by atoms with Gasteiger partial charge in [-0.05, 0) is 25.8 Å². The van der Waals surface area contributed by atoms with E-state index in [1.165, 1.54) is 5.56 Å². The van der Waals surface area contributed by atoms with Gasteiger partial charge in [0.1, 0.15) is 17.3 Å². The number of amides is 1. The first kappa shape index (κ1) is 16.9. The van der Waals surface area contributed by atoms with Gasteiger partial charge in [0, 0.05) is 25.7 Å². The zero-order chi connectivity index (χ0) is 16.7. The predicted octanol–water partition coefficient (Wildman–Crippen LogP) is 2.95. The van der Waals surface area contributed by atoms with Crippen molar-refractivity contribution in [3.8, 4) is 0 Å². The van der Waals surface area contributed by atoms with Gasteiger partial charge in [-0.3, -0.25) is 4.79 Å². The van der Waals surface area contributed by atoms with Crippen LogP contribution in [0.3, 0.4) is 0 Å². The molecule has 0 fully saturated rings. The van der Waals surface area contributed by atoms with Crippen LogP contribution in [0.25, 0.3) is 0 Å². The van der Waals surface area contributed by atoms with Crippen molar-refractivity contribution in [3.63, 3.8) is 0 Å². The molecule has 5 nitrogen and oxygen atoms in total. The summed E-state index contributed by atoms with van der Waals surface area (Å²) >= 11 is 0. The number of hydrogen-bond donors (Lipinski definition) is 1. The van der Waals surface area contributed by atoms with Crippen molar-refractivity contribution in [1.82, 2.24) is 15.3 Å². The van der Waals surface area contributed by atoms with E-state index in [0.29, 0.717) is 18.1 Å². The van der Waals surface area contributed by atoms with E-state index in [0.717, 1.165) is 25.3 Å². The fraction of sp³-hybridized carbons (Fsp3) is 0.389. The third-order valence-corrected chi connectivity index (χ3v) is 3.51. The monoisotopic (exact) mass is 312 g/mol. The van der Waals surface area contributed by atoms with Gasteiger partial charge in [-0.2, -0.15) is 0 Å². The first-order valence-corrected chi connectivity index (χ1v) is 8.06. The fourth-order valence-corrected chi connectivity index (χ4v) is 2.32. The highest BCUT2D eigenvalue weighted by Crippen LogP contribution is 2.16. The highest BCUT2D eigenvalue weighted by atomic mass is 16.1. The molecule has 5 heteroatoms. The Labute approximate surface area is 137 Å². The Morgan fingerprint density at radius 3 is 2.57 bits per heavy atom. The molecule has 1 aromatic carbocycles. The molecule has 0 aliphatic rings. The number of carbonyl (C=O) groups excluding carboxylic acids is 1. The van der Waals surface area contributed by atoms with Gasteiger partial charge >= 0.3 is 0 Å². The summed E-state index contributed by atoms with van der Waals surface area (Å²) in [6.07, 6.45) is 0.901. The summed E-state index contributed by atoms with van der Waals surface area (Å²) in [5.74, 6) is 1.25. The van der Waals surface area contributed by atoms with E-state index < -0.39 is 0 Å². The second-order valence-corrected chi connectivity index (χ2v) is 5.41. The lowest BCUT2D eigenvalue weighted by molar-refractivity contribution is 0.0948. The standard InChI is InChI=1S/C18H24N4O/c1-4-11-19-18(23)16-12-17(21-14(3)20-16)22(5-2)13-15-9-7-6-8-10-15/h6-10,12H,4-5,11,13H2,1-3H3,(H,19,23). The molecule has 0 aliphatic heterocycles. The molecule has 0 saturated heterocycles. The number of carbonyl (C=O) groups is 1. The maximum absolute atomic E-state index is 12.2. The largest absolute Gasteiger partial charge is 0.352 e. The Morgan fingerprint density at radius 2 is 1.91 bits per heavy atom. The van der Waals surface area contributed by atoms with Crippen LogP contribution in [0.1, 0.15) is 42.1 Å². The Kier molecular flexibility index (Phi) is 6.09. The summed E-state index contributed by atoms with van der Waals surface area (Å²) in [6, 6.07) is 12.0. The Bertz CT molecular complexity index is 643. The first-order chi connectivity index (χ1) is 11.1. The molecule has 1 amide bonds. The van der Waals surface area contributed by atoms with Crippen molar-refractivity contribution in [3.05, 3.63) is 53.5 Å². The molecule has 0 radical (unpaired) electrons. The first-order valence-electron chi connectivity index (χ1n) is 8.06. The van der Waals surface area contributed by atoms with Crippen LogP contribution in [0, 0.1) is 6.92 Å². The van der Waals surface area contributed by atoms with Crippen molar-refractivity contribution >= 4 is 11.7 Å². The van der Waals surface area contributed by atoms with Gasteiger partial charge in [0.2, 0.25) is 0 Å². The minimum absolute atomic E-state index is 0.144. The van der Waals surface area contributed by atoms with Gasteiger partial charge in [0.05, 0.1) is 0 Å². The number of benzene rings is 1. The van der Waals surface area contributed by atoms with Crippen LogP contribution in [-0.4, -0.2) is 29.0 Å². The summed E-state index contributed by atoms with van der Waals surface area (Å²) < 4.78 is 0. The topological polar surface area (TPSA) is 58.1 Å². The Hall–Kier alpha value is -2.43. The maximum Gasteiger partial charge on any atom is 0.270 e. The van der Waals surface area contributed by atoms with E-state index in [1.807, 2.05) is 32.0 Å². The summed E-state index contributed by atoms with van der Waals surface area (Å²) in [5, 5.41) is 2.86. The molecule has 0 atom stereocenters. The van der Waals surface area contributed by atoms with Gasteiger partial charge in [0.15, 0.2) is 0 Å². The van der Waals surface area contributed by atoms with Gasteiger partial charge in [0.25, 0.3) is 5.91 Å². The van der Waals surface area contributed by atoms with Crippen LogP contribution >= 0.6 is 0 Å². The van der Waals surface area contributed by atoms with E-state index in [4.69, 9.17) is 0 Å². The number of aromatic nitrogens is 2. The quantitative estimate of drug-likeness (QED) is 0.854. The van der Waals surface area contributed by atoms with Crippen molar-refractivity contribution in [2.24, 2.45) is 0 Å². The van der Waals surface area contributed by atoms with E-state index in [2.05, 4.69) is 39.2 Å². The van der Waals surface area contributed by atoms with E-state index in [1.54, 1.807) is 6.07 Å². The Morgan fingerprint density at radius 1 is 1.17 bits per heavy atom. The predicted molar refractivity (Wildman–Crippen MR) is 92.6 cm³/mol. The van der Waals surface area contributed by atoms with Gasteiger partial charge in [-0.15, -0.1) is 0 Å². The van der Waals surface area contributed by atoms with Crippen LogP contribution in [0.15, 0.2) is 36.4 Å². The smallest absolute Gasteiger partial charge is 0.270 e. The number of rotatable bonds is 7. The van der Waals surface area contributed by atoms with Gasteiger partial charge in [-0.1, -0.05) is 37.3 Å². The number of nitrogens with zero attached hydrogens (tertiary/aromatic N) is 3. The molecule has 2 rings (SSSR count). The van der Waals surface area contributed by atoms with E-state index >= 15 is 0 Å². The SMILES string of the molecule is CCCNC(=O)c1cc(N(CC)Cc2ccccc2)nc(C)n1. The van der Waals surface area contributed by atoms with Crippen molar-refractivity contribution in [2.75, 3.05) is 18.0 Å². The lowest BCUT2D eigenvalue weighted by atomic mass is 10.2. The summed E-state index contributed by atoms with van der Waals surface area (Å²) in [4.78, 5) is 23.1. The summed E-state index contributed by atoms with van der Waals surface area (Å²) in [7, 11) is 0. The second kappa shape index (κ2) is 8.27. The molecule has 0 saturated carbocycles. The van der Waals surface area contributed by atoms with Crippen molar-refractivity contribution in [2.45, 2.75) is 33.7 Å². The number of hydrogen-bond acceptors (Lipinski definition) is 4.